The van der Waals surface area contributed by atoms with Crippen molar-refractivity contribution in [3.8, 4) is 0 Å². The van der Waals surface area contributed by atoms with Crippen molar-refractivity contribution in [2.45, 2.75) is 33.6 Å². The van der Waals surface area contributed by atoms with Gasteiger partial charge in [-0.3, -0.25) is 5.84 Å². The second kappa shape index (κ2) is 12.1. The van der Waals surface area contributed by atoms with Gasteiger partial charge in [-0.15, -0.1) is 12.4 Å². The van der Waals surface area contributed by atoms with Gasteiger partial charge in [0.05, 0.1) is 19.8 Å². The van der Waals surface area contributed by atoms with Crippen molar-refractivity contribution in [1.82, 2.24) is 4.59 Å². The number of nitrogens with zero attached hydrogens (tertiary/aromatic N) is 1. The van der Waals surface area contributed by atoms with Crippen LogP contribution in [-0.4, -0.2) is 14.1 Å². The highest BCUT2D eigenvalue weighted by Gasteiger charge is 2.11. The van der Waals surface area contributed by atoms with E-state index in [9.17, 15) is 0 Å². The summed E-state index contributed by atoms with van der Waals surface area (Å²) < 4.78 is 0.389. The lowest BCUT2D eigenvalue weighted by atomic mass is 10.0. The molecule has 0 radical (unpaired) electrons. The minimum Gasteiger partial charge on any atom is -1.00 e. The largest absolute Gasteiger partial charge is 1.00 e. The molecule has 0 spiro atoms. The Balaban J connectivity index is 0. The van der Waals surface area contributed by atoms with Gasteiger partial charge in [0.2, 0.25) is 0 Å². The summed E-state index contributed by atoms with van der Waals surface area (Å²) >= 11 is 0. The standard InChI is InChI=1S/C10H16N2.C9H15N2.2ClH/c1-3-8-6-5-7-10(12-11)9(8)4-2;1-8-4-6-9(7-5-8)11(2,3)10;;/h5-7,12H,3-4,11H2,1-2H3;4-7H,10H2,1-3H3;2*1H/q;+1;;/p-1. The van der Waals surface area contributed by atoms with Crippen LogP contribution in [0.1, 0.15) is 30.5 Å². The average Bonchev–Trinajstić information content (AvgIpc) is 2.54. The smallest absolute Gasteiger partial charge is 0.151 e. The zero-order valence-corrected chi connectivity index (χ0v) is 17.4. The average molecular weight is 387 g/mol. The predicted octanol–water partition coefficient (Wildman–Crippen LogP) is 0.958. The summed E-state index contributed by atoms with van der Waals surface area (Å²) in [5, 5.41) is 0. The molecule has 0 aliphatic heterocycles. The van der Waals surface area contributed by atoms with Gasteiger partial charge in [-0.1, -0.05) is 43.7 Å². The molecule has 0 fully saturated rings. The van der Waals surface area contributed by atoms with Crippen LogP contribution in [-0.2, 0) is 12.8 Å². The van der Waals surface area contributed by atoms with Crippen molar-refractivity contribution >= 4 is 23.8 Å². The quantitative estimate of drug-likeness (QED) is 0.416. The van der Waals surface area contributed by atoms with Crippen molar-refractivity contribution in [3.63, 3.8) is 0 Å². The summed E-state index contributed by atoms with van der Waals surface area (Å²) in [6.07, 6.45) is 2.10. The molecule has 5 N–H and O–H groups in total. The molecule has 4 nitrogen and oxygen atoms in total. The summed E-state index contributed by atoms with van der Waals surface area (Å²) in [6.45, 7) is 6.38. The second-order valence-electron chi connectivity index (χ2n) is 6.17. The number of aryl methyl sites for hydroxylation is 2. The molecule has 0 aliphatic carbocycles. The maximum absolute atomic E-state index is 5.84. The third-order valence-electron chi connectivity index (χ3n) is 3.86. The first-order valence-corrected chi connectivity index (χ1v) is 8.10. The number of benzene rings is 2. The second-order valence-corrected chi connectivity index (χ2v) is 6.17. The van der Waals surface area contributed by atoms with Crippen molar-refractivity contribution in [1.29, 1.82) is 0 Å². The van der Waals surface area contributed by atoms with E-state index in [1.54, 1.807) is 0 Å². The Kier molecular flexibility index (Phi) is 12.6. The van der Waals surface area contributed by atoms with Crippen LogP contribution < -0.4 is 34.1 Å². The van der Waals surface area contributed by atoms with E-state index in [1.807, 2.05) is 26.2 Å². The summed E-state index contributed by atoms with van der Waals surface area (Å²) in [7, 11) is 3.90. The van der Waals surface area contributed by atoms with Crippen LogP contribution in [0.5, 0.6) is 0 Å². The molecule has 142 valence electrons. The molecule has 0 saturated carbocycles. The van der Waals surface area contributed by atoms with E-state index in [1.165, 1.54) is 16.7 Å². The Bertz CT molecular complexity index is 586. The number of hydrogen-bond donors (Lipinski definition) is 3. The summed E-state index contributed by atoms with van der Waals surface area (Å²) in [6, 6.07) is 14.4. The number of rotatable bonds is 4. The monoisotopic (exact) mass is 386 g/mol. The number of quaternary nitrogens is 1. The van der Waals surface area contributed by atoms with Crippen LogP contribution >= 0.6 is 12.4 Å². The van der Waals surface area contributed by atoms with Gasteiger partial charge in [0.25, 0.3) is 0 Å². The maximum atomic E-state index is 5.84. The van der Waals surface area contributed by atoms with Gasteiger partial charge in [0, 0.05) is 12.1 Å². The molecule has 0 unspecified atom stereocenters. The normalized spacial score (nSPS) is 9.88. The van der Waals surface area contributed by atoms with E-state index in [0.717, 1.165) is 24.2 Å². The summed E-state index contributed by atoms with van der Waals surface area (Å²) in [4.78, 5) is 0. The molecule has 0 saturated heterocycles. The topological polar surface area (TPSA) is 64.1 Å². The highest BCUT2D eigenvalue weighted by atomic mass is 35.5. The molecule has 0 amide bonds. The number of hydrogen-bond acceptors (Lipinski definition) is 3. The van der Waals surface area contributed by atoms with E-state index in [2.05, 4.69) is 56.5 Å². The van der Waals surface area contributed by atoms with Gasteiger partial charge >= 0.3 is 0 Å². The molecule has 0 atom stereocenters. The van der Waals surface area contributed by atoms with Crippen LogP contribution in [0, 0.1) is 6.92 Å². The zero-order valence-electron chi connectivity index (χ0n) is 15.8. The predicted molar refractivity (Wildman–Crippen MR) is 109 cm³/mol. The fourth-order valence-electron chi connectivity index (χ4n) is 2.45. The molecular weight excluding hydrogens is 355 g/mol. The Morgan fingerprint density at radius 1 is 0.960 bits per heavy atom. The van der Waals surface area contributed by atoms with Crippen molar-refractivity contribution in [3.05, 3.63) is 59.2 Å². The van der Waals surface area contributed by atoms with Crippen molar-refractivity contribution in [2.75, 3.05) is 19.5 Å². The van der Waals surface area contributed by atoms with Gasteiger partial charge in [-0.05, 0) is 37.0 Å². The molecule has 2 aromatic rings. The molecule has 2 rings (SSSR count). The fraction of sp³-hybridized carbons (Fsp3) is 0.368. The zero-order chi connectivity index (χ0) is 17.5. The third kappa shape index (κ3) is 8.08. The van der Waals surface area contributed by atoms with Gasteiger partial charge in [-0.25, -0.2) is 4.59 Å². The number of hydrazine groups is 1. The lowest BCUT2D eigenvalue weighted by Gasteiger charge is -2.21. The Morgan fingerprint density at radius 3 is 1.92 bits per heavy atom. The number of nitrogens with one attached hydrogen (secondary N) is 1. The minimum absolute atomic E-state index is 0. The highest BCUT2D eigenvalue weighted by Crippen LogP contribution is 2.20. The number of halogens is 2. The summed E-state index contributed by atoms with van der Waals surface area (Å²) in [5.41, 5.74) is 8.88. The number of nitrogen functional groups attached to an aromatic ring is 1. The van der Waals surface area contributed by atoms with Crippen LogP contribution in [0.15, 0.2) is 42.5 Å². The first-order valence-electron chi connectivity index (χ1n) is 8.10. The molecule has 0 bridgehead atoms. The Labute approximate surface area is 164 Å². The van der Waals surface area contributed by atoms with E-state index in [0.29, 0.717) is 4.59 Å². The maximum Gasteiger partial charge on any atom is 0.151 e. The molecular formula is C19H32Cl2N4. The molecule has 0 aliphatic rings. The van der Waals surface area contributed by atoms with Gasteiger partial charge in [0.1, 0.15) is 0 Å². The molecule has 25 heavy (non-hydrogen) atoms. The summed E-state index contributed by atoms with van der Waals surface area (Å²) in [5.74, 6) is 11.2. The fourth-order valence-corrected chi connectivity index (χ4v) is 2.45. The molecule has 6 heteroatoms. The van der Waals surface area contributed by atoms with E-state index < -0.39 is 0 Å². The minimum atomic E-state index is 0. The van der Waals surface area contributed by atoms with Gasteiger partial charge < -0.3 is 17.8 Å². The molecule has 0 aromatic heterocycles. The lowest BCUT2D eigenvalue weighted by Crippen LogP contribution is -3.00. The highest BCUT2D eigenvalue weighted by molar-refractivity contribution is 5.85. The van der Waals surface area contributed by atoms with Crippen molar-refractivity contribution in [2.24, 2.45) is 11.7 Å². The Hall–Kier alpha value is -1.30. The molecule has 0 heterocycles. The van der Waals surface area contributed by atoms with Crippen LogP contribution in [0.3, 0.4) is 0 Å². The Morgan fingerprint density at radius 2 is 1.52 bits per heavy atom. The van der Waals surface area contributed by atoms with E-state index in [4.69, 9.17) is 11.7 Å². The molecule has 2 aromatic carbocycles. The number of nitrogens with two attached hydrogens (primary N) is 2. The van der Waals surface area contributed by atoms with Crippen LogP contribution in [0.2, 0.25) is 0 Å². The third-order valence-corrected chi connectivity index (χ3v) is 3.86. The number of anilines is 1. The SMILES string of the molecule is CCc1cccc(NN)c1CC.Cc1ccc([N+](C)(C)N)cc1.Cl.[Cl-]. The first-order chi connectivity index (χ1) is 10.8. The van der Waals surface area contributed by atoms with Gasteiger partial charge in [-0.2, -0.15) is 5.84 Å². The van der Waals surface area contributed by atoms with Crippen molar-refractivity contribution < 1.29 is 12.4 Å². The first kappa shape index (κ1) is 25.9. The van der Waals surface area contributed by atoms with Gasteiger partial charge in [0.15, 0.2) is 5.69 Å². The van der Waals surface area contributed by atoms with Crippen LogP contribution in [0.4, 0.5) is 11.4 Å². The van der Waals surface area contributed by atoms with Crippen LogP contribution in [0.25, 0.3) is 0 Å². The lowest BCUT2D eigenvalue weighted by molar-refractivity contribution is -0.00000560. The van der Waals surface area contributed by atoms with E-state index >= 15 is 0 Å². The van der Waals surface area contributed by atoms with E-state index in [-0.39, 0.29) is 24.8 Å².